The lowest BCUT2D eigenvalue weighted by molar-refractivity contribution is -0.0145. The predicted octanol–water partition coefficient (Wildman–Crippen LogP) is 1.24. The molecule has 0 radical (unpaired) electrons. The molecule has 0 unspecified atom stereocenters. The van der Waals surface area contributed by atoms with Crippen molar-refractivity contribution < 1.29 is 9.53 Å². The van der Waals surface area contributed by atoms with Crippen LogP contribution in [0.1, 0.15) is 27.2 Å². The van der Waals surface area contributed by atoms with Gasteiger partial charge in [0, 0.05) is 32.2 Å². The Labute approximate surface area is 116 Å². The molecule has 2 heterocycles. The number of carbonyl (C=O) groups excluding carboxylic acids is 1. The van der Waals surface area contributed by atoms with Crippen LogP contribution in [0.3, 0.4) is 0 Å². The van der Waals surface area contributed by atoms with Crippen LogP contribution in [0.4, 0.5) is 4.79 Å². The van der Waals surface area contributed by atoms with Gasteiger partial charge in [0.05, 0.1) is 0 Å². The average molecular weight is 269 g/mol. The first-order chi connectivity index (χ1) is 8.85. The first kappa shape index (κ1) is 14.6. The third-order valence-electron chi connectivity index (χ3n) is 3.78. The van der Waals surface area contributed by atoms with Gasteiger partial charge in [-0.25, -0.2) is 4.79 Å². The molecule has 0 aliphatic carbocycles. The number of rotatable bonds is 1. The Morgan fingerprint density at radius 3 is 2.42 bits per heavy atom. The lowest BCUT2D eigenvalue weighted by Crippen LogP contribution is -2.62. The molecule has 1 amide bonds. The van der Waals surface area contributed by atoms with Crippen molar-refractivity contribution in [2.75, 3.05) is 46.3 Å². The normalized spacial score (nSPS) is 23.9. The Morgan fingerprint density at radius 1 is 1.11 bits per heavy atom. The van der Waals surface area contributed by atoms with Gasteiger partial charge in [-0.1, -0.05) is 0 Å². The van der Waals surface area contributed by atoms with Gasteiger partial charge in [-0.05, 0) is 47.3 Å². The summed E-state index contributed by atoms with van der Waals surface area (Å²) in [6.45, 7) is 11.9. The highest BCUT2D eigenvalue weighted by molar-refractivity contribution is 5.69. The predicted molar refractivity (Wildman–Crippen MR) is 75.3 cm³/mol. The summed E-state index contributed by atoms with van der Waals surface area (Å²) >= 11 is 0. The molecule has 0 spiro atoms. The largest absolute Gasteiger partial charge is 0.444 e. The standard InChI is InChI=1S/C14H27N3O2/c1-14(2,3)19-13(18)17-10-12(11-17)16-7-5-6-15(4)8-9-16/h12H,5-11H2,1-4H3. The fraction of sp³-hybridized carbons (Fsp3) is 0.929. The van der Waals surface area contributed by atoms with Gasteiger partial charge in [0.1, 0.15) is 5.60 Å². The van der Waals surface area contributed by atoms with Gasteiger partial charge >= 0.3 is 6.09 Å². The number of hydrogen-bond acceptors (Lipinski definition) is 4. The Morgan fingerprint density at radius 2 is 1.79 bits per heavy atom. The molecule has 0 aromatic heterocycles. The first-order valence-corrected chi connectivity index (χ1v) is 7.26. The Bertz CT molecular complexity index is 321. The molecule has 110 valence electrons. The summed E-state index contributed by atoms with van der Waals surface area (Å²) in [5, 5.41) is 0. The van der Waals surface area contributed by atoms with Crippen LogP contribution in [-0.4, -0.2) is 78.8 Å². The number of hydrogen-bond donors (Lipinski definition) is 0. The van der Waals surface area contributed by atoms with E-state index in [1.807, 2.05) is 25.7 Å². The topological polar surface area (TPSA) is 36.0 Å². The molecule has 2 aliphatic rings. The Hall–Kier alpha value is -0.810. The van der Waals surface area contributed by atoms with E-state index in [9.17, 15) is 4.79 Å². The number of amides is 1. The van der Waals surface area contributed by atoms with E-state index < -0.39 is 5.60 Å². The van der Waals surface area contributed by atoms with Crippen LogP contribution < -0.4 is 0 Å². The number of carbonyl (C=O) groups is 1. The molecule has 2 fully saturated rings. The van der Waals surface area contributed by atoms with Crippen LogP contribution in [-0.2, 0) is 4.74 Å². The van der Waals surface area contributed by atoms with Crippen molar-refractivity contribution in [1.29, 1.82) is 0 Å². The monoisotopic (exact) mass is 269 g/mol. The molecule has 19 heavy (non-hydrogen) atoms. The minimum Gasteiger partial charge on any atom is -0.444 e. The van der Waals surface area contributed by atoms with Gasteiger partial charge in [-0.2, -0.15) is 0 Å². The van der Waals surface area contributed by atoms with Crippen LogP contribution in [0.2, 0.25) is 0 Å². The lowest BCUT2D eigenvalue weighted by atomic mass is 10.1. The van der Waals surface area contributed by atoms with E-state index in [1.54, 1.807) is 0 Å². The second kappa shape index (κ2) is 5.67. The van der Waals surface area contributed by atoms with Gasteiger partial charge in [0.15, 0.2) is 0 Å². The van der Waals surface area contributed by atoms with E-state index in [1.165, 1.54) is 13.0 Å². The quantitative estimate of drug-likeness (QED) is 0.717. The molecular formula is C14H27N3O2. The van der Waals surface area contributed by atoms with Gasteiger partial charge < -0.3 is 14.5 Å². The van der Waals surface area contributed by atoms with Crippen molar-refractivity contribution in [2.24, 2.45) is 0 Å². The van der Waals surface area contributed by atoms with Crippen molar-refractivity contribution in [3.05, 3.63) is 0 Å². The molecular weight excluding hydrogens is 242 g/mol. The maximum Gasteiger partial charge on any atom is 0.410 e. The number of nitrogens with zero attached hydrogens (tertiary/aromatic N) is 3. The van der Waals surface area contributed by atoms with Crippen molar-refractivity contribution in [3.63, 3.8) is 0 Å². The SMILES string of the molecule is CN1CCCN(C2CN(C(=O)OC(C)(C)C)C2)CC1. The maximum atomic E-state index is 11.9. The summed E-state index contributed by atoms with van der Waals surface area (Å²) in [6.07, 6.45) is 1.05. The van der Waals surface area contributed by atoms with Crippen LogP contribution in [0.15, 0.2) is 0 Å². The fourth-order valence-electron chi connectivity index (χ4n) is 2.59. The molecule has 0 bridgehead atoms. The second-order valence-corrected chi connectivity index (χ2v) is 6.73. The zero-order valence-electron chi connectivity index (χ0n) is 12.7. The van der Waals surface area contributed by atoms with Crippen molar-refractivity contribution >= 4 is 6.09 Å². The van der Waals surface area contributed by atoms with Crippen LogP contribution in [0, 0.1) is 0 Å². The van der Waals surface area contributed by atoms with Gasteiger partial charge in [0.25, 0.3) is 0 Å². The highest BCUT2D eigenvalue weighted by Gasteiger charge is 2.37. The van der Waals surface area contributed by atoms with Gasteiger partial charge in [-0.15, -0.1) is 0 Å². The zero-order valence-corrected chi connectivity index (χ0v) is 12.7. The summed E-state index contributed by atoms with van der Waals surface area (Å²) in [5.74, 6) is 0. The fourth-order valence-corrected chi connectivity index (χ4v) is 2.59. The smallest absolute Gasteiger partial charge is 0.410 e. The summed E-state index contributed by atoms with van der Waals surface area (Å²) in [5.41, 5.74) is -0.395. The van der Waals surface area contributed by atoms with Crippen molar-refractivity contribution in [2.45, 2.75) is 38.8 Å². The number of likely N-dealkylation sites (tertiary alicyclic amines) is 1. The second-order valence-electron chi connectivity index (χ2n) is 6.73. The van der Waals surface area contributed by atoms with Crippen LogP contribution in [0.5, 0.6) is 0 Å². The van der Waals surface area contributed by atoms with Gasteiger partial charge in [-0.3, -0.25) is 4.90 Å². The summed E-state index contributed by atoms with van der Waals surface area (Å²) in [7, 11) is 2.18. The van der Waals surface area contributed by atoms with Crippen molar-refractivity contribution in [1.82, 2.24) is 14.7 Å². The minimum absolute atomic E-state index is 0.171. The van der Waals surface area contributed by atoms with E-state index in [0.29, 0.717) is 6.04 Å². The molecule has 5 heteroatoms. The first-order valence-electron chi connectivity index (χ1n) is 7.26. The van der Waals surface area contributed by atoms with Gasteiger partial charge in [0.2, 0.25) is 0 Å². The molecule has 0 atom stereocenters. The molecule has 0 aromatic carbocycles. The highest BCUT2D eigenvalue weighted by Crippen LogP contribution is 2.20. The van der Waals surface area contributed by atoms with E-state index in [2.05, 4.69) is 16.8 Å². The maximum absolute atomic E-state index is 11.9. The van der Waals surface area contributed by atoms with E-state index in [0.717, 1.165) is 32.7 Å². The molecule has 0 saturated carbocycles. The minimum atomic E-state index is -0.395. The van der Waals surface area contributed by atoms with Crippen LogP contribution >= 0.6 is 0 Å². The summed E-state index contributed by atoms with van der Waals surface area (Å²) in [4.78, 5) is 18.6. The molecule has 2 rings (SSSR count). The Balaban J connectivity index is 1.75. The third kappa shape index (κ3) is 4.08. The summed E-state index contributed by atoms with van der Waals surface area (Å²) < 4.78 is 5.38. The highest BCUT2D eigenvalue weighted by atomic mass is 16.6. The molecule has 5 nitrogen and oxygen atoms in total. The third-order valence-corrected chi connectivity index (χ3v) is 3.78. The van der Waals surface area contributed by atoms with Crippen LogP contribution in [0.25, 0.3) is 0 Å². The van der Waals surface area contributed by atoms with E-state index in [-0.39, 0.29) is 6.09 Å². The molecule has 0 aromatic rings. The average Bonchev–Trinajstić information content (AvgIpc) is 2.39. The lowest BCUT2D eigenvalue weighted by Gasteiger charge is -2.45. The summed E-state index contributed by atoms with van der Waals surface area (Å²) in [6, 6.07) is 0.527. The zero-order chi connectivity index (χ0) is 14.0. The molecule has 0 N–H and O–H groups in total. The number of likely N-dealkylation sites (N-methyl/N-ethyl adjacent to an activating group) is 1. The molecule has 2 saturated heterocycles. The van der Waals surface area contributed by atoms with E-state index >= 15 is 0 Å². The molecule has 2 aliphatic heterocycles. The Kier molecular flexibility index (Phi) is 4.36. The number of ether oxygens (including phenoxy) is 1. The van der Waals surface area contributed by atoms with E-state index in [4.69, 9.17) is 4.74 Å². The van der Waals surface area contributed by atoms with Crippen molar-refractivity contribution in [3.8, 4) is 0 Å².